The molecule has 0 spiro atoms. The first-order valence-electron chi connectivity index (χ1n) is 5.81. The molecule has 0 saturated carbocycles. The second kappa shape index (κ2) is 5.04. The molecule has 17 heavy (non-hydrogen) atoms. The van der Waals surface area contributed by atoms with E-state index in [9.17, 15) is 4.79 Å². The van der Waals surface area contributed by atoms with E-state index in [0.29, 0.717) is 6.61 Å². The van der Waals surface area contributed by atoms with Crippen molar-refractivity contribution in [1.29, 1.82) is 0 Å². The Bertz CT molecular complexity index is 449. The lowest BCUT2D eigenvalue weighted by molar-refractivity contribution is 0.101. The summed E-state index contributed by atoms with van der Waals surface area (Å²) in [7, 11) is 3.93. The Balaban J connectivity index is 2.24. The molecule has 0 radical (unpaired) electrons. The summed E-state index contributed by atoms with van der Waals surface area (Å²) < 4.78 is 5.21. The van der Waals surface area contributed by atoms with Crippen LogP contribution in [0.5, 0.6) is 0 Å². The molecule has 0 fully saturated rings. The van der Waals surface area contributed by atoms with Gasteiger partial charge >= 0.3 is 0 Å². The third-order valence-corrected chi connectivity index (χ3v) is 2.85. The number of ketones is 1. The molecule has 0 aliphatic carbocycles. The summed E-state index contributed by atoms with van der Waals surface area (Å²) in [5.41, 5.74) is 2.54. The van der Waals surface area contributed by atoms with Gasteiger partial charge in [0.2, 0.25) is 0 Å². The number of carbonyl (C=O) groups excluding carboxylic acids is 1. The van der Waals surface area contributed by atoms with Crippen molar-refractivity contribution in [3.05, 3.63) is 41.7 Å². The molecule has 3 nitrogen and oxygen atoms in total. The Morgan fingerprint density at radius 3 is 2.82 bits per heavy atom. The molecule has 0 atom stereocenters. The SMILES string of the molecule is CN(C)c1cccc(C(=O)C2=COCCC2)c1. The van der Waals surface area contributed by atoms with Gasteiger partial charge in [-0.15, -0.1) is 0 Å². The number of anilines is 1. The van der Waals surface area contributed by atoms with Crippen molar-refractivity contribution in [3.8, 4) is 0 Å². The van der Waals surface area contributed by atoms with E-state index < -0.39 is 0 Å². The van der Waals surface area contributed by atoms with E-state index in [-0.39, 0.29) is 5.78 Å². The summed E-state index contributed by atoms with van der Waals surface area (Å²) >= 11 is 0. The van der Waals surface area contributed by atoms with Crippen LogP contribution in [0.15, 0.2) is 36.1 Å². The molecule has 0 N–H and O–H groups in total. The molecule has 0 saturated heterocycles. The molecule has 0 bridgehead atoms. The molecule has 90 valence electrons. The summed E-state index contributed by atoms with van der Waals surface area (Å²) in [6.45, 7) is 0.717. The Morgan fingerprint density at radius 1 is 1.35 bits per heavy atom. The van der Waals surface area contributed by atoms with E-state index >= 15 is 0 Å². The van der Waals surface area contributed by atoms with Gasteiger partial charge in [0.25, 0.3) is 0 Å². The zero-order valence-electron chi connectivity index (χ0n) is 10.3. The molecular weight excluding hydrogens is 214 g/mol. The molecule has 1 aromatic rings. The van der Waals surface area contributed by atoms with Gasteiger partial charge in [-0.2, -0.15) is 0 Å². The molecule has 2 rings (SSSR count). The molecule has 0 aromatic heterocycles. The fourth-order valence-electron chi connectivity index (χ4n) is 1.84. The number of hydrogen-bond donors (Lipinski definition) is 0. The average Bonchev–Trinajstić information content (AvgIpc) is 2.39. The van der Waals surface area contributed by atoms with E-state index in [1.165, 1.54) is 0 Å². The topological polar surface area (TPSA) is 29.5 Å². The summed E-state index contributed by atoms with van der Waals surface area (Å²) in [5.74, 6) is 0.0772. The summed E-state index contributed by atoms with van der Waals surface area (Å²) in [6.07, 6.45) is 3.34. The van der Waals surface area contributed by atoms with Crippen molar-refractivity contribution in [2.45, 2.75) is 12.8 Å². The minimum Gasteiger partial charge on any atom is -0.501 e. The minimum absolute atomic E-state index is 0.0772. The highest BCUT2D eigenvalue weighted by Gasteiger charge is 2.15. The van der Waals surface area contributed by atoms with E-state index in [4.69, 9.17) is 4.74 Å². The van der Waals surface area contributed by atoms with Crippen molar-refractivity contribution in [2.75, 3.05) is 25.6 Å². The first-order valence-corrected chi connectivity index (χ1v) is 5.81. The second-order valence-corrected chi connectivity index (χ2v) is 4.39. The van der Waals surface area contributed by atoms with Crippen LogP contribution in [0.2, 0.25) is 0 Å². The summed E-state index contributed by atoms with van der Waals surface area (Å²) in [6, 6.07) is 7.66. The third kappa shape index (κ3) is 2.67. The Morgan fingerprint density at radius 2 is 2.18 bits per heavy atom. The number of benzene rings is 1. The van der Waals surface area contributed by atoms with Gasteiger partial charge in [0.15, 0.2) is 5.78 Å². The van der Waals surface area contributed by atoms with Crippen LogP contribution in [0.3, 0.4) is 0 Å². The number of rotatable bonds is 3. The van der Waals surface area contributed by atoms with Crippen molar-refractivity contribution < 1.29 is 9.53 Å². The van der Waals surface area contributed by atoms with Crippen LogP contribution in [0.1, 0.15) is 23.2 Å². The Kier molecular flexibility index (Phi) is 3.47. The maximum atomic E-state index is 12.2. The maximum absolute atomic E-state index is 12.2. The molecule has 1 aliphatic heterocycles. The van der Waals surface area contributed by atoms with Crippen LogP contribution in [0.25, 0.3) is 0 Å². The standard InChI is InChI=1S/C14H17NO2/c1-15(2)13-7-3-5-11(9-13)14(16)12-6-4-8-17-10-12/h3,5,7,9-10H,4,6,8H2,1-2H3. The van der Waals surface area contributed by atoms with E-state index in [1.54, 1.807) is 6.26 Å². The highest BCUT2D eigenvalue weighted by molar-refractivity contribution is 6.09. The smallest absolute Gasteiger partial charge is 0.192 e. The van der Waals surface area contributed by atoms with Crippen molar-refractivity contribution in [1.82, 2.24) is 0 Å². The number of allylic oxidation sites excluding steroid dienone is 1. The monoisotopic (exact) mass is 231 g/mol. The van der Waals surface area contributed by atoms with E-state index in [1.807, 2.05) is 43.3 Å². The molecular formula is C14H17NO2. The molecule has 3 heteroatoms. The number of carbonyl (C=O) groups is 1. The zero-order valence-corrected chi connectivity index (χ0v) is 10.3. The van der Waals surface area contributed by atoms with Gasteiger partial charge < -0.3 is 9.64 Å². The maximum Gasteiger partial charge on any atom is 0.192 e. The van der Waals surface area contributed by atoms with Gasteiger partial charge in [0.1, 0.15) is 0 Å². The number of nitrogens with zero attached hydrogens (tertiary/aromatic N) is 1. The fourth-order valence-corrected chi connectivity index (χ4v) is 1.84. The number of hydrogen-bond acceptors (Lipinski definition) is 3. The summed E-state index contributed by atoms with van der Waals surface area (Å²) in [4.78, 5) is 14.2. The van der Waals surface area contributed by atoms with Crippen LogP contribution in [0, 0.1) is 0 Å². The van der Waals surface area contributed by atoms with E-state index in [2.05, 4.69) is 0 Å². The average molecular weight is 231 g/mol. The van der Waals surface area contributed by atoms with Gasteiger partial charge in [-0.1, -0.05) is 12.1 Å². The molecule has 1 aromatic carbocycles. The first-order chi connectivity index (χ1) is 8.18. The normalized spacial score (nSPS) is 14.8. The van der Waals surface area contributed by atoms with Crippen LogP contribution >= 0.6 is 0 Å². The highest BCUT2D eigenvalue weighted by atomic mass is 16.5. The zero-order chi connectivity index (χ0) is 12.3. The van der Waals surface area contributed by atoms with Gasteiger partial charge in [-0.3, -0.25) is 4.79 Å². The van der Waals surface area contributed by atoms with Crippen LogP contribution in [-0.4, -0.2) is 26.5 Å². The summed E-state index contributed by atoms with van der Waals surface area (Å²) in [5, 5.41) is 0. The largest absolute Gasteiger partial charge is 0.501 e. The van der Waals surface area contributed by atoms with Crippen molar-refractivity contribution in [3.63, 3.8) is 0 Å². The van der Waals surface area contributed by atoms with Crippen LogP contribution < -0.4 is 4.90 Å². The van der Waals surface area contributed by atoms with Crippen LogP contribution in [-0.2, 0) is 4.74 Å². The van der Waals surface area contributed by atoms with Gasteiger partial charge in [0.05, 0.1) is 12.9 Å². The molecule has 1 aliphatic rings. The molecule has 1 heterocycles. The van der Waals surface area contributed by atoms with Crippen molar-refractivity contribution >= 4 is 11.5 Å². The molecule has 0 amide bonds. The lowest BCUT2D eigenvalue weighted by Gasteiger charge is -2.15. The predicted octanol–water partition coefficient (Wildman–Crippen LogP) is 2.63. The van der Waals surface area contributed by atoms with Gasteiger partial charge in [-0.05, 0) is 25.0 Å². The highest BCUT2D eigenvalue weighted by Crippen LogP contribution is 2.20. The van der Waals surface area contributed by atoms with Gasteiger partial charge in [-0.25, -0.2) is 0 Å². The third-order valence-electron chi connectivity index (χ3n) is 2.85. The Hall–Kier alpha value is -1.77. The number of Topliss-reactive ketones (excluding diaryl/α,β-unsaturated/α-hetero) is 1. The molecule has 0 unspecified atom stereocenters. The predicted molar refractivity (Wildman–Crippen MR) is 68.4 cm³/mol. The second-order valence-electron chi connectivity index (χ2n) is 4.39. The van der Waals surface area contributed by atoms with E-state index in [0.717, 1.165) is 29.7 Å². The minimum atomic E-state index is 0.0772. The first kappa shape index (κ1) is 11.7. The van der Waals surface area contributed by atoms with Crippen LogP contribution in [0.4, 0.5) is 5.69 Å². The lowest BCUT2D eigenvalue weighted by atomic mass is 9.99. The quantitative estimate of drug-likeness (QED) is 0.749. The lowest BCUT2D eigenvalue weighted by Crippen LogP contribution is -2.12. The Labute approximate surface area is 102 Å². The van der Waals surface area contributed by atoms with Crippen molar-refractivity contribution in [2.24, 2.45) is 0 Å². The van der Waals surface area contributed by atoms with Gasteiger partial charge in [0, 0.05) is 30.9 Å². The number of ether oxygens (including phenoxy) is 1. The fraction of sp³-hybridized carbons (Fsp3) is 0.357.